The molecule has 1 aromatic heterocycles. The lowest BCUT2D eigenvalue weighted by Crippen LogP contribution is -2.19. The van der Waals surface area contributed by atoms with Crippen molar-refractivity contribution in [1.82, 2.24) is 10.2 Å². The van der Waals surface area contributed by atoms with Crippen LogP contribution in [0.5, 0.6) is 0 Å². The molecule has 2 aromatic carbocycles. The number of fused-ring (bicyclic) bond motifs is 1. The summed E-state index contributed by atoms with van der Waals surface area (Å²) in [5.41, 5.74) is 0.458. The first-order valence-electron chi connectivity index (χ1n) is 10.1. The van der Waals surface area contributed by atoms with Gasteiger partial charge in [0.05, 0.1) is 5.39 Å². The quantitative estimate of drug-likeness (QED) is 0.310. The molecule has 0 unspecified atom stereocenters. The van der Waals surface area contributed by atoms with Gasteiger partial charge in [0.2, 0.25) is 5.91 Å². The molecule has 0 bridgehead atoms. The Kier molecular flexibility index (Phi) is 7.26. The number of H-pyrrole nitrogens is 1. The van der Waals surface area contributed by atoms with Crippen LogP contribution in [-0.2, 0) is 9.53 Å². The van der Waals surface area contributed by atoms with Gasteiger partial charge in [-0.1, -0.05) is 38.0 Å². The molecule has 0 aliphatic rings. The molecule has 2 N–H and O–H groups in total. The molecule has 0 fully saturated rings. The number of ether oxygens (including phenoxy) is 1. The van der Waals surface area contributed by atoms with Gasteiger partial charge in [0.1, 0.15) is 0 Å². The number of rotatable bonds is 9. The fraction of sp³-hybridized carbons (Fsp3) is 0.261. The fourth-order valence-electron chi connectivity index (χ4n) is 3.05. The van der Waals surface area contributed by atoms with E-state index < -0.39 is 23.9 Å². The van der Waals surface area contributed by atoms with Crippen LogP contribution < -0.4 is 10.9 Å². The maximum Gasteiger partial charge on any atom is 0.359 e. The molecular weight excluding hydrogens is 398 g/mol. The molecule has 3 rings (SSSR count). The van der Waals surface area contributed by atoms with Crippen molar-refractivity contribution in [3.63, 3.8) is 0 Å². The number of carbonyl (C=O) groups is 3. The minimum atomic E-state index is -0.809. The lowest BCUT2D eigenvalue weighted by molar-refractivity contribution is -0.116. The number of benzene rings is 2. The number of unbranched alkanes of at least 4 members (excludes halogenated alkanes) is 2. The number of anilines is 1. The average molecular weight is 421 g/mol. The summed E-state index contributed by atoms with van der Waals surface area (Å²) in [6.45, 7) is 1.60. The maximum atomic E-state index is 12.4. The van der Waals surface area contributed by atoms with Crippen LogP contribution in [0.1, 0.15) is 53.5 Å². The largest absolute Gasteiger partial charge is 0.452 e. The number of aromatic amines is 1. The molecule has 0 saturated heterocycles. The SMILES string of the molecule is CCCCCC(=O)Nc1ccc(C(=O)COC(=O)c2n[nH]c(=O)c3ccccc23)cc1. The summed E-state index contributed by atoms with van der Waals surface area (Å²) in [7, 11) is 0. The third-order valence-corrected chi connectivity index (χ3v) is 4.72. The lowest BCUT2D eigenvalue weighted by atomic mass is 10.1. The van der Waals surface area contributed by atoms with Gasteiger partial charge in [-0.25, -0.2) is 9.89 Å². The Morgan fingerprint density at radius 3 is 2.42 bits per heavy atom. The maximum absolute atomic E-state index is 12.4. The predicted molar refractivity (Wildman–Crippen MR) is 116 cm³/mol. The second-order valence-corrected chi connectivity index (χ2v) is 7.03. The topological polar surface area (TPSA) is 118 Å². The number of nitrogens with one attached hydrogen (secondary N) is 2. The molecule has 0 aliphatic heterocycles. The average Bonchev–Trinajstić information content (AvgIpc) is 2.78. The van der Waals surface area contributed by atoms with Crippen LogP contribution in [0, 0.1) is 0 Å². The van der Waals surface area contributed by atoms with Crippen molar-refractivity contribution in [3.05, 3.63) is 70.1 Å². The van der Waals surface area contributed by atoms with E-state index in [2.05, 4.69) is 22.4 Å². The Balaban J connectivity index is 1.59. The molecule has 1 amide bonds. The van der Waals surface area contributed by atoms with Crippen LogP contribution in [0.15, 0.2) is 53.3 Å². The molecule has 0 saturated carbocycles. The number of carbonyl (C=O) groups excluding carboxylic acids is 3. The predicted octanol–water partition coefficient (Wildman–Crippen LogP) is 3.48. The Bertz CT molecular complexity index is 1150. The van der Waals surface area contributed by atoms with Crippen molar-refractivity contribution in [2.45, 2.75) is 32.6 Å². The van der Waals surface area contributed by atoms with Crippen LogP contribution in [0.2, 0.25) is 0 Å². The molecule has 31 heavy (non-hydrogen) atoms. The van der Waals surface area contributed by atoms with E-state index in [0.717, 1.165) is 19.3 Å². The minimum absolute atomic E-state index is 0.0656. The minimum Gasteiger partial charge on any atom is -0.452 e. The first-order chi connectivity index (χ1) is 15.0. The van der Waals surface area contributed by atoms with Gasteiger partial charge < -0.3 is 10.1 Å². The van der Waals surface area contributed by atoms with Gasteiger partial charge in [0, 0.05) is 23.1 Å². The van der Waals surface area contributed by atoms with Gasteiger partial charge in [-0.05, 0) is 36.8 Å². The monoisotopic (exact) mass is 421 g/mol. The second-order valence-electron chi connectivity index (χ2n) is 7.03. The number of Topliss-reactive ketones (excluding diaryl/α,β-unsaturated/α-hetero) is 1. The van der Waals surface area contributed by atoms with E-state index in [1.165, 1.54) is 0 Å². The van der Waals surface area contributed by atoms with Gasteiger partial charge in [0.25, 0.3) is 5.56 Å². The van der Waals surface area contributed by atoms with E-state index in [1.54, 1.807) is 48.5 Å². The van der Waals surface area contributed by atoms with E-state index in [9.17, 15) is 19.2 Å². The van der Waals surface area contributed by atoms with E-state index in [0.29, 0.717) is 28.4 Å². The van der Waals surface area contributed by atoms with Crippen molar-refractivity contribution >= 4 is 34.1 Å². The summed E-state index contributed by atoms with van der Waals surface area (Å²) in [5.74, 6) is -1.28. The highest BCUT2D eigenvalue weighted by Crippen LogP contribution is 2.15. The number of esters is 1. The van der Waals surface area contributed by atoms with Crippen molar-refractivity contribution < 1.29 is 19.1 Å². The smallest absolute Gasteiger partial charge is 0.359 e. The Morgan fingerprint density at radius 1 is 1.00 bits per heavy atom. The molecule has 3 aromatic rings. The van der Waals surface area contributed by atoms with Crippen LogP contribution >= 0.6 is 0 Å². The van der Waals surface area contributed by atoms with Crippen molar-refractivity contribution in [1.29, 1.82) is 0 Å². The Labute approximate surface area is 178 Å². The number of hydrogen-bond acceptors (Lipinski definition) is 6. The number of amides is 1. The van der Waals surface area contributed by atoms with Crippen LogP contribution in [0.25, 0.3) is 10.8 Å². The third kappa shape index (κ3) is 5.63. The van der Waals surface area contributed by atoms with E-state index >= 15 is 0 Å². The Morgan fingerprint density at radius 2 is 1.71 bits per heavy atom. The number of nitrogens with zero attached hydrogens (tertiary/aromatic N) is 1. The molecule has 160 valence electrons. The van der Waals surface area contributed by atoms with Gasteiger partial charge in [-0.3, -0.25) is 14.4 Å². The molecule has 1 heterocycles. The van der Waals surface area contributed by atoms with Crippen LogP contribution in [0.3, 0.4) is 0 Å². The zero-order chi connectivity index (χ0) is 22.2. The van der Waals surface area contributed by atoms with Gasteiger partial charge in [-0.2, -0.15) is 5.10 Å². The zero-order valence-corrected chi connectivity index (χ0v) is 17.1. The molecule has 0 aliphatic carbocycles. The van der Waals surface area contributed by atoms with Crippen LogP contribution in [-0.4, -0.2) is 34.5 Å². The highest BCUT2D eigenvalue weighted by Gasteiger charge is 2.17. The number of ketones is 1. The molecule has 8 nitrogen and oxygen atoms in total. The third-order valence-electron chi connectivity index (χ3n) is 4.72. The normalized spacial score (nSPS) is 10.6. The van der Waals surface area contributed by atoms with E-state index in [-0.39, 0.29) is 11.6 Å². The lowest BCUT2D eigenvalue weighted by Gasteiger charge is -2.07. The van der Waals surface area contributed by atoms with Crippen molar-refractivity contribution in [2.24, 2.45) is 0 Å². The van der Waals surface area contributed by atoms with E-state index in [4.69, 9.17) is 4.74 Å². The number of hydrogen-bond donors (Lipinski definition) is 2. The van der Waals surface area contributed by atoms with Gasteiger partial charge >= 0.3 is 5.97 Å². The molecule has 0 atom stereocenters. The van der Waals surface area contributed by atoms with Gasteiger partial charge in [-0.15, -0.1) is 0 Å². The number of aromatic nitrogens is 2. The summed E-state index contributed by atoms with van der Waals surface area (Å²) in [5, 5.41) is 9.46. The highest BCUT2D eigenvalue weighted by atomic mass is 16.5. The Hall–Kier alpha value is -3.81. The van der Waals surface area contributed by atoms with Crippen molar-refractivity contribution in [2.75, 3.05) is 11.9 Å². The summed E-state index contributed by atoms with van der Waals surface area (Å²) in [6, 6.07) is 12.9. The first kappa shape index (κ1) is 21.9. The molecule has 0 radical (unpaired) electrons. The highest BCUT2D eigenvalue weighted by molar-refractivity contribution is 6.04. The van der Waals surface area contributed by atoms with E-state index in [1.807, 2.05) is 0 Å². The molecular formula is C23H23N3O5. The van der Waals surface area contributed by atoms with Crippen LogP contribution in [0.4, 0.5) is 5.69 Å². The molecule has 8 heteroatoms. The fourth-order valence-corrected chi connectivity index (χ4v) is 3.05. The molecule has 0 spiro atoms. The summed E-state index contributed by atoms with van der Waals surface area (Å²) in [4.78, 5) is 48.4. The van der Waals surface area contributed by atoms with Crippen molar-refractivity contribution in [3.8, 4) is 0 Å². The first-order valence-corrected chi connectivity index (χ1v) is 10.1. The standard InChI is InChI=1S/C23H23N3O5/c1-2-3-4-9-20(28)24-16-12-10-15(11-13-16)19(27)14-31-23(30)21-17-7-5-6-8-18(17)22(29)26-25-21/h5-8,10-13H,2-4,9,14H2,1H3,(H,24,28)(H,26,29). The summed E-state index contributed by atoms with van der Waals surface area (Å²) < 4.78 is 5.10. The summed E-state index contributed by atoms with van der Waals surface area (Å²) >= 11 is 0. The second kappa shape index (κ2) is 10.3. The van der Waals surface area contributed by atoms with Gasteiger partial charge in [0.15, 0.2) is 18.1 Å². The zero-order valence-electron chi connectivity index (χ0n) is 17.1. The summed E-state index contributed by atoms with van der Waals surface area (Å²) in [6.07, 6.45) is 3.34.